The second-order valence-electron chi connectivity index (χ2n) is 5.78. The van der Waals surface area contributed by atoms with Crippen LogP contribution in [0.1, 0.15) is 48.9 Å². The van der Waals surface area contributed by atoms with E-state index in [1.165, 1.54) is 5.56 Å². The summed E-state index contributed by atoms with van der Waals surface area (Å²) < 4.78 is 0. The maximum Gasteiger partial charge on any atom is 0.222 e. The van der Waals surface area contributed by atoms with E-state index in [4.69, 9.17) is 5.73 Å². The first-order valence-corrected chi connectivity index (χ1v) is 7.57. The van der Waals surface area contributed by atoms with Gasteiger partial charge in [-0.05, 0) is 22.6 Å². The van der Waals surface area contributed by atoms with Gasteiger partial charge in [0.1, 0.15) is 0 Å². The molecule has 1 aromatic carbocycles. The van der Waals surface area contributed by atoms with Gasteiger partial charge in [-0.15, -0.1) is 0 Å². The van der Waals surface area contributed by atoms with Crippen LogP contribution < -0.4 is 11.1 Å². The van der Waals surface area contributed by atoms with Crippen LogP contribution in [-0.2, 0) is 11.3 Å². The van der Waals surface area contributed by atoms with Crippen LogP contribution in [0.15, 0.2) is 48.8 Å². The molecule has 116 valence electrons. The zero-order chi connectivity index (χ0) is 15.9. The standard InChI is InChI=1S/C18H23N3O/c1-13(2)16-8-14(10-20-12-16)11-21-18(22)9-17(19)15-6-4-3-5-7-15/h3-8,10,12-13,17H,9,11,19H2,1-2H3,(H,21,22). The average molecular weight is 297 g/mol. The van der Waals surface area contributed by atoms with Crippen LogP contribution in [0.5, 0.6) is 0 Å². The Labute approximate surface area is 131 Å². The molecule has 1 unspecified atom stereocenters. The van der Waals surface area contributed by atoms with Crippen LogP contribution in [0.25, 0.3) is 0 Å². The number of amides is 1. The van der Waals surface area contributed by atoms with Crippen molar-refractivity contribution < 1.29 is 4.79 Å². The third-order valence-corrected chi connectivity index (χ3v) is 3.61. The Hall–Kier alpha value is -2.20. The highest BCUT2D eigenvalue weighted by atomic mass is 16.1. The van der Waals surface area contributed by atoms with Gasteiger partial charge in [-0.1, -0.05) is 50.2 Å². The molecule has 0 spiro atoms. The van der Waals surface area contributed by atoms with Gasteiger partial charge in [0.2, 0.25) is 5.91 Å². The van der Waals surface area contributed by atoms with Gasteiger partial charge >= 0.3 is 0 Å². The van der Waals surface area contributed by atoms with Crippen molar-refractivity contribution in [1.29, 1.82) is 0 Å². The largest absolute Gasteiger partial charge is 0.352 e. The number of hydrogen-bond donors (Lipinski definition) is 2. The topological polar surface area (TPSA) is 68.0 Å². The molecule has 1 amide bonds. The van der Waals surface area contributed by atoms with Crippen LogP contribution >= 0.6 is 0 Å². The van der Waals surface area contributed by atoms with Gasteiger partial charge in [0.05, 0.1) is 0 Å². The van der Waals surface area contributed by atoms with Crippen LogP contribution in [0.3, 0.4) is 0 Å². The lowest BCUT2D eigenvalue weighted by Gasteiger charge is -2.12. The summed E-state index contributed by atoms with van der Waals surface area (Å²) in [5.41, 5.74) is 9.21. The molecule has 0 aliphatic heterocycles. The first kappa shape index (κ1) is 16.2. The van der Waals surface area contributed by atoms with Crippen molar-refractivity contribution in [2.45, 2.75) is 38.8 Å². The number of carbonyl (C=O) groups is 1. The minimum Gasteiger partial charge on any atom is -0.352 e. The fraction of sp³-hybridized carbons (Fsp3) is 0.333. The van der Waals surface area contributed by atoms with Crippen molar-refractivity contribution in [2.75, 3.05) is 0 Å². The fourth-order valence-electron chi connectivity index (χ4n) is 2.21. The Morgan fingerprint density at radius 3 is 2.59 bits per heavy atom. The van der Waals surface area contributed by atoms with Crippen LogP contribution in [0.2, 0.25) is 0 Å². The number of aromatic nitrogens is 1. The monoisotopic (exact) mass is 297 g/mol. The van der Waals surface area contributed by atoms with Crippen LogP contribution in [0, 0.1) is 0 Å². The maximum absolute atomic E-state index is 12.0. The number of rotatable bonds is 6. The zero-order valence-electron chi connectivity index (χ0n) is 13.1. The van der Waals surface area contributed by atoms with Crippen molar-refractivity contribution in [2.24, 2.45) is 5.73 Å². The molecule has 0 aliphatic rings. The van der Waals surface area contributed by atoms with E-state index in [0.29, 0.717) is 12.5 Å². The van der Waals surface area contributed by atoms with E-state index in [9.17, 15) is 4.79 Å². The lowest BCUT2D eigenvalue weighted by atomic mass is 10.0. The molecular weight excluding hydrogens is 274 g/mol. The van der Waals surface area contributed by atoms with E-state index in [1.54, 1.807) is 6.20 Å². The molecule has 1 aromatic heterocycles. The van der Waals surface area contributed by atoms with E-state index in [1.807, 2.05) is 36.5 Å². The highest BCUT2D eigenvalue weighted by Gasteiger charge is 2.11. The summed E-state index contributed by atoms with van der Waals surface area (Å²) >= 11 is 0. The summed E-state index contributed by atoms with van der Waals surface area (Å²) in [5.74, 6) is 0.376. The lowest BCUT2D eigenvalue weighted by Crippen LogP contribution is -2.27. The second-order valence-corrected chi connectivity index (χ2v) is 5.78. The van der Waals surface area contributed by atoms with Gasteiger partial charge in [0.25, 0.3) is 0 Å². The molecular formula is C18H23N3O. The number of nitrogens with zero attached hydrogens (tertiary/aromatic N) is 1. The van der Waals surface area contributed by atoms with E-state index in [0.717, 1.165) is 11.1 Å². The molecule has 1 heterocycles. The minimum atomic E-state index is -0.277. The molecule has 0 saturated heterocycles. The molecule has 4 nitrogen and oxygen atoms in total. The van der Waals surface area contributed by atoms with Crippen LogP contribution in [0.4, 0.5) is 0 Å². The predicted octanol–water partition coefficient (Wildman–Crippen LogP) is 2.91. The molecule has 22 heavy (non-hydrogen) atoms. The first-order chi connectivity index (χ1) is 10.6. The Kier molecular flexibility index (Phi) is 5.67. The Bertz CT molecular complexity index is 611. The van der Waals surface area contributed by atoms with Gasteiger partial charge in [0, 0.05) is 31.4 Å². The van der Waals surface area contributed by atoms with Crippen molar-refractivity contribution in [3.63, 3.8) is 0 Å². The van der Waals surface area contributed by atoms with Gasteiger partial charge in [-0.2, -0.15) is 0 Å². The highest BCUT2D eigenvalue weighted by Crippen LogP contribution is 2.15. The van der Waals surface area contributed by atoms with Crippen molar-refractivity contribution >= 4 is 5.91 Å². The van der Waals surface area contributed by atoms with Crippen molar-refractivity contribution in [1.82, 2.24) is 10.3 Å². The molecule has 0 fully saturated rings. The molecule has 4 heteroatoms. The molecule has 0 bridgehead atoms. The molecule has 0 radical (unpaired) electrons. The summed E-state index contributed by atoms with van der Waals surface area (Å²) in [4.78, 5) is 16.2. The third kappa shape index (κ3) is 4.67. The molecule has 0 aliphatic carbocycles. The maximum atomic E-state index is 12.0. The SMILES string of the molecule is CC(C)c1cncc(CNC(=O)CC(N)c2ccccc2)c1. The summed E-state index contributed by atoms with van der Waals surface area (Å²) in [6.45, 7) is 4.73. The van der Waals surface area contributed by atoms with E-state index in [-0.39, 0.29) is 18.4 Å². The van der Waals surface area contributed by atoms with Crippen molar-refractivity contribution in [3.05, 3.63) is 65.5 Å². The zero-order valence-corrected chi connectivity index (χ0v) is 13.1. The van der Waals surface area contributed by atoms with Gasteiger partial charge in [-0.25, -0.2) is 0 Å². The first-order valence-electron chi connectivity index (χ1n) is 7.57. The normalized spacial score (nSPS) is 12.2. The number of hydrogen-bond acceptors (Lipinski definition) is 3. The third-order valence-electron chi connectivity index (χ3n) is 3.61. The van der Waals surface area contributed by atoms with E-state index >= 15 is 0 Å². The Morgan fingerprint density at radius 2 is 1.91 bits per heavy atom. The summed E-state index contributed by atoms with van der Waals surface area (Å²) in [6.07, 6.45) is 3.92. The molecule has 0 saturated carbocycles. The predicted molar refractivity (Wildman–Crippen MR) is 88.2 cm³/mol. The molecule has 3 N–H and O–H groups in total. The van der Waals surface area contributed by atoms with Crippen LogP contribution in [-0.4, -0.2) is 10.9 Å². The number of nitrogens with two attached hydrogens (primary N) is 1. The van der Waals surface area contributed by atoms with Gasteiger partial charge in [0.15, 0.2) is 0 Å². The minimum absolute atomic E-state index is 0.0497. The number of carbonyl (C=O) groups excluding carboxylic acids is 1. The second kappa shape index (κ2) is 7.71. The van der Waals surface area contributed by atoms with Crippen molar-refractivity contribution in [3.8, 4) is 0 Å². The Morgan fingerprint density at radius 1 is 1.18 bits per heavy atom. The number of pyridine rings is 1. The smallest absolute Gasteiger partial charge is 0.222 e. The quantitative estimate of drug-likeness (QED) is 0.861. The van der Waals surface area contributed by atoms with Gasteiger partial charge < -0.3 is 11.1 Å². The average Bonchev–Trinajstić information content (AvgIpc) is 2.54. The Balaban J connectivity index is 1.86. The highest BCUT2D eigenvalue weighted by molar-refractivity contribution is 5.76. The van der Waals surface area contributed by atoms with E-state index < -0.39 is 0 Å². The van der Waals surface area contributed by atoms with E-state index in [2.05, 4.69) is 30.2 Å². The molecule has 1 atom stereocenters. The molecule has 2 aromatic rings. The molecule has 2 rings (SSSR count). The number of nitrogens with one attached hydrogen (secondary N) is 1. The number of benzene rings is 1. The van der Waals surface area contributed by atoms with Gasteiger partial charge in [-0.3, -0.25) is 9.78 Å². The lowest BCUT2D eigenvalue weighted by molar-refractivity contribution is -0.121. The summed E-state index contributed by atoms with van der Waals surface area (Å²) in [5, 5.41) is 2.91. The summed E-state index contributed by atoms with van der Waals surface area (Å²) in [7, 11) is 0. The summed E-state index contributed by atoms with van der Waals surface area (Å²) in [6, 6.07) is 11.5. The fourth-order valence-corrected chi connectivity index (χ4v) is 2.21.